The van der Waals surface area contributed by atoms with Crippen LogP contribution in [0.2, 0.25) is 0 Å². The first-order valence-corrected chi connectivity index (χ1v) is 6.11. The van der Waals surface area contributed by atoms with Crippen LogP contribution in [0.5, 0.6) is 0 Å². The van der Waals surface area contributed by atoms with Crippen LogP contribution in [-0.2, 0) is 4.74 Å². The molecule has 0 saturated carbocycles. The summed E-state index contributed by atoms with van der Waals surface area (Å²) in [5.74, 6) is 0. The average Bonchev–Trinajstić information content (AvgIpc) is 2.39. The number of benzene rings is 1. The monoisotopic (exact) mass is 257 g/mol. The van der Waals surface area contributed by atoms with E-state index in [4.69, 9.17) is 4.74 Å². The van der Waals surface area contributed by atoms with E-state index in [1.165, 1.54) is 0 Å². The van der Waals surface area contributed by atoms with Crippen molar-refractivity contribution in [2.45, 2.75) is 13.8 Å². The highest BCUT2D eigenvalue weighted by Crippen LogP contribution is 2.13. The van der Waals surface area contributed by atoms with Gasteiger partial charge in [0.15, 0.2) is 0 Å². The van der Waals surface area contributed by atoms with Crippen molar-refractivity contribution in [3.8, 4) is 0 Å². The highest BCUT2D eigenvalue weighted by molar-refractivity contribution is 5.85. The Labute approximate surface area is 114 Å². The second-order valence-electron chi connectivity index (χ2n) is 3.99. The summed E-state index contributed by atoms with van der Waals surface area (Å²) >= 11 is 0. The predicted molar refractivity (Wildman–Crippen MR) is 79.2 cm³/mol. The normalized spacial score (nSPS) is 11.4. The summed E-state index contributed by atoms with van der Waals surface area (Å²) in [4.78, 5) is 11.7. The van der Waals surface area contributed by atoms with E-state index in [0.29, 0.717) is 0 Å². The molecule has 100 valence electrons. The molecule has 1 rings (SSSR count). The van der Waals surface area contributed by atoms with Gasteiger partial charge in [-0.3, -0.25) is 5.32 Å². The lowest BCUT2D eigenvalue weighted by molar-refractivity contribution is 0.172. The molecule has 0 aliphatic carbocycles. The first-order chi connectivity index (χ1) is 9.17. The van der Waals surface area contributed by atoms with Crippen LogP contribution in [0.1, 0.15) is 12.5 Å². The zero-order valence-electron chi connectivity index (χ0n) is 11.3. The number of ether oxygens (including phenoxy) is 1. The van der Waals surface area contributed by atoms with Crippen molar-refractivity contribution in [3.05, 3.63) is 66.3 Å². The third kappa shape index (κ3) is 5.25. The molecule has 1 aromatic rings. The van der Waals surface area contributed by atoms with Gasteiger partial charge in [-0.15, -0.1) is 0 Å². The Hall–Kier alpha value is -2.29. The predicted octanol–water partition coefficient (Wildman–Crippen LogP) is 4.23. The van der Waals surface area contributed by atoms with Crippen LogP contribution in [-0.4, -0.2) is 12.7 Å². The molecule has 1 amide bonds. The van der Waals surface area contributed by atoms with Crippen LogP contribution in [0.15, 0.2) is 60.7 Å². The van der Waals surface area contributed by atoms with Crippen molar-refractivity contribution in [1.82, 2.24) is 0 Å². The Balaban J connectivity index is 2.54. The Morgan fingerprint density at radius 1 is 1.42 bits per heavy atom. The minimum Gasteiger partial charge on any atom is -0.444 e. The number of amides is 1. The van der Waals surface area contributed by atoms with Crippen molar-refractivity contribution in [2.24, 2.45) is 0 Å². The number of carbonyl (C=O) groups is 1. The molecule has 0 atom stereocenters. The fourth-order valence-electron chi connectivity index (χ4n) is 1.53. The van der Waals surface area contributed by atoms with Gasteiger partial charge in [0.1, 0.15) is 6.61 Å². The molecule has 0 heterocycles. The van der Waals surface area contributed by atoms with E-state index in [9.17, 15) is 4.79 Å². The maximum atomic E-state index is 11.7. The summed E-state index contributed by atoms with van der Waals surface area (Å²) in [6, 6.07) is 7.55. The van der Waals surface area contributed by atoms with Gasteiger partial charge in [0, 0.05) is 5.69 Å². The van der Waals surface area contributed by atoms with E-state index in [1.807, 2.05) is 50.3 Å². The molecule has 1 N–H and O–H groups in total. The molecule has 0 aliphatic heterocycles. The maximum absolute atomic E-state index is 11.7. The van der Waals surface area contributed by atoms with Gasteiger partial charge in [0.05, 0.1) is 0 Å². The van der Waals surface area contributed by atoms with Gasteiger partial charge < -0.3 is 4.74 Å². The Morgan fingerprint density at radius 2 is 2.16 bits per heavy atom. The summed E-state index contributed by atoms with van der Waals surface area (Å²) in [7, 11) is 0. The lowest BCUT2D eigenvalue weighted by Gasteiger charge is -2.09. The minimum atomic E-state index is -0.464. The standard InChI is InChI=1S/C16H19NO2/c1-4-8-14(9-5-2)12-19-16(18)17-15-11-7-6-10-13(15)3/h4-11H,1,12H2,2-3H3,(H,17,18)/b9-5-,14-8+. The molecule has 0 bridgehead atoms. The first-order valence-electron chi connectivity index (χ1n) is 6.11. The third-order valence-electron chi connectivity index (χ3n) is 2.46. The number of allylic oxidation sites excluding steroid dienone is 3. The molecule has 0 saturated heterocycles. The zero-order valence-corrected chi connectivity index (χ0v) is 11.3. The first kappa shape index (κ1) is 14.8. The molecule has 19 heavy (non-hydrogen) atoms. The molecule has 0 aromatic heterocycles. The molecule has 0 fully saturated rings. The highest BCUT2D eigenvalue weighted by atomic mass is 16.5. The Morgan fingerprint density at radius 3 is 2.79 bits per heavy atom. The fraction of sp³-hybridized carbons (Fsp3) is 0.188. The highest BCUT2D eigenvalue weighted by Gasteiger charge is 2.05. The summed E-state index contributed by atoms with van der Waals surface area (Å²) in [6.45, 7) is 7.68. The van der Waals surface area contributed by atoms with E-state index >= 15 is 0 Å². The van der Waals surface area contributed by atoms with Gasteiger partial charge in [0.2, 0.25) is 0 Å². The second kappa shape index (κ2) is 7.93. The Bertz CT molecular complexity index is 501. The van der Waals surface area contributed by atoms with Crippen molar-refractivity contribution >= 4 is 11.8 Å². The van der Waals surface area contributed by atoms with E-state index in [-0.39, 0.29) is 6.61 Å². The number of nitrogens with one attached hydrogen (secondary N) is 1. The van der Waals surface area contributed by atoms with Crippen molar-refractivity contribution in [2.75, 3.05) is 11.9 Å². The van der Waals surface area contributed by atoms with E-state index < -0.39 is 6.09 Å². The van der Waals surface area contributed by atoms with Gasteiger partial charge in [-0.2, -0.15) is 0 Å². The third-order valence-corrected chi connectivity index (χ3v) is 2.46. The van der Waals surface area contributed by atoms with Crippen LogP contribution < -0.4 is 5.32 Å². The van der Waals surface area contributed by atoms with Crippen LogP contribution in [0.25, 0.3) is 0 Å². The van der Waals surface area contributed by atoms with Crippen LogP contribution in [0.3, 0.4) is 0 Å². The van der Waals surface area contributed by atoms with Crippen LogP contribution in [0, 0.1) is 6.92 Å². The lowest BCUT2D eigenvalue weighted by Crippen LogP contribution is -2.15. The molecule has 3 nitrogen and oxygen atoms in total. The number of hydrogen-bond acceptors (Lipinski definition) is 2. The number of aryl methyl sites for hydroxylation is 1. The number of rotatable bonds is 5. The molecular formula is C16H19NO2. The minimum absolute atomic E-state index is 0.216. The molecule has 0 radical (unpaired) electrons. The van der Waals surface area contributed by atoms with Gasteiger partial charge in [0.25, 0.3) is 0 Å². The summed E-state index contributed by atoms with van der Waals surface area (Å²) < 4.78 is 5.15. The van der Waals surface area contributed by atoms with Crippen LogP contribution >= 0.6 is 0 Å². The number of para-hydroxylation sites is 1. The maximum Gasteiger partial charge on any atom is 0.411 e. The van der Waals surface area contributed by atoms with Crippen molar-refractivity contribution in [3.63, 3.8) is 0 Å². The summed E-state index contributed by atoms with van der Waals surface area (Å²) in [5.41, 5.74) is 2.64. The van der Waals surface area contributed by atoms with E-state index in [0.717, 1.165) is 16.8 Å². The molecule has 1 aromatic carbocycles. The van der Waals surface area contributed by atoms with Crippen molar-refractivity contribution in [1.29, 1.82) is 0 Å². The largest absolute Gasteiger partial charge is 0.444 e. The van der Waals surface area contributed by atoms with Gasteiger partial charge in [-0.25, -0.2) is 4.79 Å². The fourth-order valence-corrected chi connectivity index (χ4v) is 1.53. The summed E-state index contributed by atoms with van der Waals surface area (Å²) in [6.07, 6.45) is 6.77. The van der Waals surface area contributed by atoms with E-state index in [1.54, 1.807) is 12.2 Å². The number of carbonyl (C=O) groups excluding carboxylic acids is 1. The molecular weight excluding hydrogens is 238 g/mol. The van der Waals surface area contributed by atoms with Crippen molar-refractivity contribution < 1.29 is 9.53 Å². The van der Waals surface area contributed by atoms with Gasteiger partial charge in [-0.05, 0) is 31.1 Å². The quantitative estimate of drug-likeness (QED) is 0.801. The topological polar surface area (TPSA) is 38.3 Å². The van der Waals surface area contributed by atoms with E-state index in [2.05, 4.69) is 11.9 Å². The number of hydrogen-bond donors (Lipinski definition) is 1. The number of anilines is 1. The van der Waals surface area contributed by atoms with Gasteiger partial charge >= 0.3 is 6.09 Å². The molecule has 3 heteroatoms. The smallest absolute Gasteiger partial charge is 0.411 e. The zero-order chi connectivity index (χ0) is 14.1. The summed E-state index contributed by atoms with van der Waals surface area (Å²) in [5, 5.41) is 2.71. The molecule has 0 unspecified atom stereocenters. The van der Waals surface area contributed by atoms with Crippen LogP contribution in [0.4, 0.5) is 10.5 Å². The average molecular weight is 257 g/mol. The molecule has 0 aliphatic rings. The Kier molecular flexibility index (Phi) is 6.16. The molecule has 0 spiro atoms. The van der Waals surface area contributed by atoms with Gasteiger partial charge in [-0.1, -0.05) is 49.1 Å². The second-order valence-corrected chi connectivity index (χ2v) is 3.99. The lowest BCUT2D eigenvalue weighted by atomic mass is 10.2. The SMILES string of the molecule is C=C/C=C(\C=C/C)COC(=O)Nc1ccccc1C.